The first kappa shape index (κ1) is 16.7. The minimum Gasteiger partial charge on any atom is -0.497 e. The molecule has 0 radical (unpaired) electrons. The number of hydrogen-bond acceptors (Lipinski definition) is 2. The number of methoxy groups -OCH3 is 1. The van der Waals surface area contributed by atoms with Gasteiger partial charge in [-0.1, -0.05) is 56.3 Å². The molecule has 2 unspecified atom stereocenters. The number of hydrogen-bond donors (Lipinski definition) is 1. The Bertz CT molecular complexity index is 487. The number of rotatable bonds is 5. The van der Waals surface area contributed by atoms with E-state index >= 15 is 0 Å². The first-order chi connectivity index (χ1) is 9.79. The predicted molar refractivity (Wildman–Crippen MR) is 90.1 cm³/mol. The predicted octanol–water partition coefficient (Wildman–Crippen LogP) is 4.38. The van der Waals surface area contributed by atoms with Crippen LogP contribution in [0.2, 0.25) is 0 Å². The Balaban J connectivity index is 0.000000956. The standard InChI is InChI=1S/C15H18NOP.C2H6/c1-17-14-9-5-8-13(10-14)15(18)16-11-12-6-3-2-4-7-12;1-2/h2-10,15-16H,11,18H2,1H3;1-2H3. The summed E-state index contributed by atoms with van der Waals surface area (Å²) in [5.41, 5.74) is 2.49. The lowest BCUT2D eigenvalue weighted by molar-refractivity contribution is 0.414. The molecule has 0 spiro atoms. The third-order valence-electron chi connectivity index (χ3n) is 2.82. The van der Waals surface area contributed by atoms with E-state index in [1.807, 2.05) is 32.0 Å². The van der Waals surface area contributed by atoms with Crippen LogP contribution in [0.4, 0.5) is 0 Å². The third-order valence-corrected chi connectivity index (χ3v) is 3.44. The van der Waals surface area contributed by atoms with Gasteiger partial charge in [0.1, 0.15) is 5.75 Å². The highest BCUT2D eigenvalue weighted by Gasteiger charge is 2.05. The van der Waals surface area contributed by atoms with Crippen LogP contribution in [0.5, 0.6) is 5.75 Å². The lowest BCUT2D eigenvalue weighted by Crippen LogP contribution is -2.15. The summed E-state index contributed by atoms with van der Waals surface area (Å²) in [6, 6.07) is 18.5. The van der Waals surface area contributed by atoms with Crippen molar-refractivity contribution >= 4 is 9.24 Å². The molecular weight excluding hydrogens is 265 g/mol. The van der Waals surface area contributed by atoms with Crippen molar-refractivity contribution in [3.8, 4) is 5.75 Å². The fraction of sp³-hybridized carbons (Fsp3) is 0.294. The molecule has 0 aliphatic rings. The van der Waals surface area contributed by atoms with Gasteiger partial charge in [-0.15, -0.1) is 9.24 Å². The summed E-state index contributed by atoms with van der Waals surface area (Å²) < 4.78 is 5.23. The van der Waals surface area contributed by atoms with Crippen molar-refractivity contribution in [2.24, 2.45) is 0 Å². The Labute approximate surface area is 124 Å². The van der Waals surface area contributed by atoms with E-state index in [0.29, 0.717) is 0 Å². The van der Waals surface area contributed by atoms with Crippen LogP contribution >= 0.6 is 9.24 Å². The summed E-state index contributed by atoms with van der Waals surface area (Å²) in [7, 11) is 4.51. The molecule has 2 atom stereocenters. The molecule has 20 heavy (non-hydrogen) atoms. The second kappa shape index (κ2) is 9.52. The first-order valence-corrected chi connectivity index (χ1v) is 7.63. The van der Waals surface area contributed by atoms with Gasteiger partial charge < -0.3 is 10.1 Å². The minimum absolute atomic E-state index is 0.223. The minimum atomic E-state index is 0.223. The van der Waals surface area contributed by atoms with Gasteiger partial charge in [-0.25, -0.2) is 0 Å². The quantitative estimate of drug-likeness (QED) is 0.824. The molecule has 0 saturated heterocycles. The van der Waals surface area contributed by atoms with Crippen molar-refractivity contribution in [1.29, 1.82) is 0 Å². The van der Waals surface area contributed by atoms with Gasteiger partial charge in [0.25, 0.3) is 0 Å². The van der Waals surface area contributed by atoms with Crippen LogP contribution in [0.25, 0.3) is 0 Å². The third kappa shape index (κ3) is 5.32. The van der Waals surface area contributed by atoms with Crippen LogP contribution in [0.3, 0.4) is 0 Å². The summed E-state index contributed by atoms with van der Waals surface area (Å²) in [4.78, 5) is 0. The molecule has 0 bridgehead atoms. The van der Waals surface area contributed by atoms with Crippen molar-refractivity contribution < 1.29 is 4.74 Å². The van der Waals surface area contributed by atoms with Crippen LogP contribution in [-0.2, 0) is 6.54 Å². The molecule has 0 fully saturated rings. The fourth-order valence-corrected chi connectivity index (χ4v) is 2.10. The maximum atomic E-state index is 5.23. The molecule has 0 aliphatic carbocycles. The van der Waals surface area contributed by atoms with E-state index in [1.165, 1.54) is 11.1 Å². The van der Waals surface area contributed by atoms with Crippen LogP contribution in [0, 0.1) is 0 Å². The molecule has 2 nitrogen and oxygen atoms in total. The van der Waals surface area contributed by atoms with Crippen molar-refractivity contribution in [1.82, 2.24) is 5.32 Å². The molecule has 2 aromatic carbocycles. The van der Waals surface area contributed by atoms with Crippen LogP contribution in [-0.4, -0.2) is 7.11 Å². The first-order valence-electron chi connectivity index (χ1n) is 6.96. The Morgan fingerprint density at radius 3 is 2.40 bits per heavy atom. The Morgan fingerprint density at radius 2 is 1.75 bits per heavy atom. The lowest BCUT2D eigenvalue weighted by atomic mass is 10.2. The summed E-state index contributed by atoms with van der Waals surface area (Å²) in [5.74, 6) is 1.11. The molecule has 0 aromatic heterocycles. The number of benzene rings is 2. The zero-order chi connectivity index (χ0) is 14.8. The highest BCUT2D eigenvalue weighted by molar-refractivity contribution is 7.17. The zero-order valence-electron chi connectivity index (χ0n) is 12.5. The Morgan fingerprint density at radius 1 is 1.05 bits per heavy atom. The van der Waals surface area contributed by atoms with Gasteiger partial charge in [-0.2, -0.15) is 0 Å². The van der Waals surface area contributed by atoms with Crippen LogP contribution in [0.15, 0.2) is 54.6 Å². The zero-order valence-corrected chi connectivity index (χ0v) is 13.6. The SMILES string of the molecule is CC.COc1cccc(C(P)NCc2ccccc2)c1. The molecule has 0 amide bonds. The second-order valence-electron chi connectivity index (χ2n) is 4.12. The molecule has 2 aromatic rings. The largest absolute Gasteiger partial charge is 0.497 e. The summed E-state index contributed by atoms with van der Waals surface area (Å²) in [5, 5.41) is 3.47. The van der Waals surface area contributed by atoms with Crippen LogP contribution in [0.1, 0.15) is 30.8 Å². The maximum Gasteiger partial charge on any atom is 0.119 e. The van der Waals surface area contributed by atoms with Gasteiger partial charge in [0.05, 0.1) is 7.11 Å². The number of ether oxygens (including phenoxy) is 1. The monoisotopic (exact) mass is 289 g/mol. The molecular formula is C17H24NOP. The highest BCUT2D eigenvalue weighted by Crippen LogP contribution is 2.24. The normalized spacial score (nSPS) is 11.2. The number of nitrogens with one attached hydrogen (secondary N) is 1. The molecule has 1 N–H and O–H groups in total. The van der Waals surface area contributed by atoms with E-state index in [9.17, 15) is 0 Å². The lowest BCUT2D eigenvalue weighted by Gasteiger charge is -2.15. The van der Waals surface area contributed by atoms with E-state index in [1.54, 1.807) is 7.11 Å². The van der Waals surface area contributed by atoms with Gasteiger partial charge in [-0.05, 0) is 23.3 Å². The molecule has 0 heterocycles. The van der Waals surface area contributed by atoms with E-state index in [-0.39, 0.29) is 5.78 Å². The second-order valence-corrected chi connectivity index (χ2v) is 4.79. The molecule has 108 valence electrons. The van der Waals surface area contributed by atoms with Gasteiger partial charge in [0, 0.05) is 12.3 Å². The van der Waals surface area contributed by atoms with E-state index in [2.05, 4.69) is 51.0 Å². The smallest absolute Gasteiger partial charge is 0.119 e. The summed E-state index contributed by atoms with van der Waals surface area (Å²) >= 11 is 0. The van der Waals surface area contributed by atoms with Crippen LogP contribution < -0.4 is 10.1 Å². The van der Waals surface area contributed by atoms with Crippen molar-refractivity contribution in [3.63, 3.8) is 0 Å². The van der Waals surface area contributed by atoms with Gasteiger partial charge >= 0.3 is 0 Å². The average molecular weight is 289 g/mol. The topological polar surface area (TPSA) is 21.3 Å². The average Bonchev–Trinajstić information content (AvgIpc) is 2.55. The van der Waals surface area contributed by atoms with Crippen molar-refractivity contribution in [2.75, 3.05) is 7.11 Å². The van der Waals surface area contributed by atoms with Crippen molar-refractivity contribution in [2.45, 2.75) is 26.2 Å². The summed E-state index contributed by atoms with van der Waals surface area (Å²) in [6.45, 7) is 4.85. The molecule has 0 aliphatic heterocycles. The fourth-order valence-electron chi connectivity index (χ4n) is 1.78. The Kier molecular flexibility index (Phi) is 7.94. The van der Waals surface area contributed by atoms with Gasteiger partial charge in [0.15, 0.2) is 0 Å². The highest BCUT2D eigenvalue weighted by atomic mass is 31.0. The molecule has 3 heteroatoms. The molecule has 0 saturated carbocycles. The van der Waals surface area contributed by atoms with E-state index < -0.39 is 0 Å². The summed E-state index contributed by atoms with van der Waals surface area (Å²) in [6.07, 6.45) is 0. The van der Waals surface area contributed by atoms with E-state index in [4.69, 9.17) is 4.74 Å². The van der Waals surface area contributed by atoms with E-state index in [0.717, 1.165) is 12.3 Å². The Hall–Kier alpha value is -1.37. The maximum absolute atomic E-state index is 5.23. The van der Waals surface area contributed by atoms with Gasteiger partial charge in [0.2, 0.25) is 0 Å². The van der Waals surface area contributed by atoms with Crippen molar-refractivity contribution in [3.05, 3.63) is 65.7 Å². The van der Waals surface area contributed by atoms with Gasteiger partial charge in [-0.3, -0.25) is 0 Å². The molecule has 2 rings (SSSR count).